The number of carbonyl (C=O) groups excluding carboxylic acids is 1. The van der Waals surface area contributed by atoms with Gasteiger partial charge in [0.25, 0.3) is 5.91 Å². The van der Waals surface area contributed by atoms with Crippen LogP contribution >= 0.6 is 11.6 Å². The molecule has 4 rings (SSSR count). The van der Waals surface area contributed by atoms with Crippen LogP contribution in [0.15, 0.2) is 72.8 Å². The first-order valence-corrected chi connectivity index (χ1v) is 9.91. The largest absolute Gasteiger partial charge is 0.416 e. The van der Waals surface area contributed by atoms with E-state index in [-0.39, 0.29) is 10.8 Å². The first-order chi connectivity index (χ1) is 15.3. The maximum Gasteiger partial charge on any atom is 0.416 e. The molecular formula is C23H16ClF3N4O. The monoisotopic (exact) mass is 456 g/mol. The van der Waals surface area contributed by atoms with Gasteiger partial charge in [-0.3, -0.25) is 4.79 Å². The number of rotatable bonds is 5. The summed E-state index contributed by atoms with van der Waals surface area (Å²) in [6, 6.07) is 18.6. The van der Waals surface area contributed by atoms with E-state index < -0.39 is 17.6 Å². The molecule has 0 aliphatic carbocycles. The van der Waals surface area contributed by atoms with Gasteiger partial charge in [0.1, 0.15) is 5.82 Å². The number of alkyl halides is 3. The van der Waals surface area contributed by atoms with Crippen molar-refractivity contribution in [1.29, 1.82) is 0 Å². The molecule has 0 saturated heterocycles. The SMILES string of the molecule is O=C(Nc1ccc(CNc2nc(Cl)nc3ccccc23)cc1)c1ccc(C(F)(F)F)cc1. The van der Waals surface area contributed by atoms with Crippen LogP contribution in [0.1, 0.15) is 21.5 Å². The fourth-order valence-electron chi connectivity index (χ4n) is 3.09. The van der Waals surface area contributed by atoms with Crippen LogP contribution in [0.25, 0.3) is 10.9 Å². The Morgan fingerprint density at radius 1 is 0.906 bits per heavy atom. The van der Waals surface area contributed by atoms with Crippen molar-refractivity contribution in [2.45, 2.75) is 12.7 Å². The summed E-state index contributed by atoms with van der Waals surface area (Å²) >= 11 is 6.00. The first kappa shape index (κ1) is 21.6. The van der Waals surface area contributed by atoms with Crippen molar-refractivity contribution in [3.05, 3.63) is 94.8 Å². The molecule has 1 heterocycles. The van der Waals surface area contributed by atoms with E-state index in [0.29, 0.717) is 18.1 Å². The van der Waals surface area contributed by atoms with Crippen molar-refractivity contribution >= 4 is 39.9 Å². The molecule has 0 bridgehead atoms. The quantitative estimate of drug-likeness (QED) is 0.353. The second kappa shape index (κ2) is 8.84. The van der Waals surface area contributed by atoms with Gasteiger partial charge in [-0.15, -0.1) is 0 Å². The zero-order chi connectivity index (χ0) is 22.7. The smallest absolute Gasteiger partial charge is 0.365 e. The third-order valence-electron chi connectivity index (χ3n) is 4.72. The molecule has 0 unspecified atom stereocenters. The van der Waals surface area contributed by atoms with Gasteiger partial charge in [0.05, 0.1) is 11.1 Å². The van der Waals surface area contributed by atoms with Crippen LogP contribution in [0.3, 0.4) is 0 Å². The third kappa shape index (κ3) is 4.97. The molecule has 162 valence electrons. The number of amides is 1. The Labute approximate surface area is 186 Å². The number of carbonyl (C=O) groups is 1. The lowest BCUT2D eigenvalue weighted by Crippen LogP contribution is -2.13. The number of hydrogen-bond acceptors (Lipinski definition) is 4. The Morgan fingerprint density at radius 3 is 2.28 bits per heavy atom. The maximum atomic E-state index is 12.7. The Hall–Kier alpha value is -3.65. The fourth-order valence-corrected chi connectivity index (χ4v) is 3.26. The van der Waals surface area contributed by atoms with Crippen molar-refractivity contribution in [1.82, 2.24) is 9.97 Å². The Bertz CT molecular complexity index is 1260. The van der Waals surface area contributed by atoms with Gasteiger partial charge in [-0.05, 0) is 65.7 Å². The maximum absolute atomic E-state index is 12.7. The number of para-hydroxylation sites is 1. The summed E-state index contributed by atoms with van der Waals surface area (Å²) in [5.74, 6) is 0.118. The molecule has 0 radical (unpaired) electrons. The predicted octanol–water partition coefficient (Wildman–Crippen LogP) is 6.17. The first-order valence-electron chi connectivity index (χ1n) is 9.53. The minimum atomic E-state index is -4.44. The van der Waals surface area contributed by atoms with Gasteiger partial charge in [-0.2, -0.15) is 13.2 Å². The van der Waals surface area contributed by atoms with E-state index >= 15 is 0 Å². The van der Waals surface area contributed by atoms with E-state index in [1.54, 1.807) is 12.1 Å². The highest BCUT2D eigenvalue weighted by atomic mass is 35.5. The number of halogens is 4. The zero-order valence-corrected chi connectivity index (χ0v) is 17.2. The Balaban J connectivity index is 1.40. The van der Waals surface area contributed by atoms with Gasteiger partial charge >= 0.3 is 6.18 Å². The average Bonchev–Trinajstić information content (AvgIpc) is 2.78. The lowest BCUT2D eigenvalue weighted by Gasteiger charge is -2.11. The lowest BCUT2D eigenvalue weighted by molar-refractivity contribution is -0.137. The van der Waals surface area contributed by atoms with E-state index in [9.17, 15) is 18.0 Å². The van der Waals surface area contributed by atoms with E-state index in [4.69, 9.17) is 11.6 Å². The molecule has 0 fully saturated rings. The molecule has 1 amide bonds. The summed E-state index contributed by atoms with van der Waals surface area (Å²) in [5, 5.41) is 6.89. The Morgan fingerprint density at radius 2 is 1.59 bits per heavy atom. The summed E-state index contributed by atoms with van der Waals surface area (Å²) in [4.78, 5) is 20.7. The summed E-state index contributed by atoms with van der Waals surface area (Å²) in [7, 11) is 0. The molecular weight excluding hydrogens is 441 g/mol. The van der Waals surface area contributed by atoms with Crippen molar-refractivity contribution < 1.29 is 18.0 Å². The number of nitrogens with one attached hydrogen (secondary N) is 2. The minimum Gasteiger partial charge on any atom is -0.365 e. The summed E-state index contributed by atoms with van der Waals surface area (Å²) < 4.78 is 38.0. The standard InChI is InChI=1S/C23H16ClF3N4O/c24-22-30-19-4-2-1-3-18(19)20(31-22)28-13-14-5-11-17(12-6-14)29-21(32)15-7-9-16(10-8-15)23(25,26)27/h1-12H,13H2,(H,29,32)(H,28,30,31). The molecule has 4 aromatic rings. The van der Waals surface area contributed by atoms with Gasteiger partial charge in [-0.1, -0.05) is 24.3 Å². The molecule has 3 aromatic carbocycles. The zero-order valence-electron chi connectivity index (χ0n) is 16.4. The van der Waals surface area contributed by atoms with Crippen molar-refractivity contribution in [3.63, 3.8) is 0 Å². The second-order valence-electron chi connectivity index (χ2n) is 6.94. The van der Waals surface area contributed by atoms with Crippen LogP contribution in [0, 0.1) is 0 Å². The van der Waals surface area contributed by atoms with E-state index in [1.807, 2.05) is 36.4 Å². The molecule has 0 aliphatic rings. The van der Waals surface area contributed by atoms with Gasteiger partial charge in [0.15, 0.2) is 0 Å². The number of aromatic nitrogens is 2. The predicted molar refractivity (Wildman–Crippen MR) is 118 cm³/mol. The van der Waals surface area contributed by atoms with Gasteiger partial charge in [-0.25, -0.2) is 9.97 Å². The second-order valence-corrected chi connectivity index (χ2v) is 7.28. The van der Waals surface area contributed by atoms with Gasteiger partial charge in [0.2, 0.25) is 5.28 Å². The molecule has 32 heavy (non-hydrogen) atoms. The molecule has 1 aromatic heterocycles. The number of anilines is 2. The van der Waals surface area contributed by atoms with Gasteiger partial charge < -0.3 is 10.6 Å². The number of fused-ring (bicyclic) bond motifs is 1. The van der Waals surface area contributed by atoms with Crippen LogP contribution in [0.5, 0.6) is 0 Å². The third-order valence-corrected chi connectivity index (χ3v) is 4.89. The Kier molecular flexibility index (Phi) is 5.96. The number of benzene rings is 3. The van der Waals surface area contributed by atoms with Crippen molar-refractivity contribution in [3.8, 4) is 0 Å². The molecule has 0 spiro atoms. The van der Waals surface area contributed by atoms with E-state index in [1.165, 1.54) is 0 Å². The van der Waals surface area contributed by atoms with Crippen LogP contribution in [0.4, 0.5) is 24.7 Å². The van der Waals surface area contributed by atoms with Crippen LogP contribution in [-0.4, -0.2) is 15.9 Å². The molecule has 0 saturated carbocycles. The highest BCUT2D eigenvalue weighted by molar-refractivity contribution is 6.28. The summed E-state index contributed by atoms with van der Waals surface area (Å²) in [6.07, 6.45) is -4.44. The number of nitrogens with zero attached hydrogens (tertiary/aromatic N) is 2. The lowest BCUT2D eigenvalue weighted by atomic mass is 10.1. The molecule has 2 N–H and O–H groups in total. The highest BCUT2D eigenvalue weighted by Crippen LogP contribution is 2.29. The summed E-state index contributed by atoms with van der Waals surface area (Å²) in [6.45, 7) is 0.463. The average molecular weight is 457 g/mol. The number of hydrogen-bond donors (Lipinski definition) is 2. The van der Waals surface area contributed by atoms with E-state index in [2.05, 4.69) is 20.6 Å². The van der Waals surface area contributed by atoms with Crippen LogP contribution in [0.2, 0.25) is 5.28 Å². The molecule has 0 atom stereocenters. The topological polar surface area (TPSA) is 66.9 Å². The van der Waals surface area contributed by atoms with Crippen LogP contribution < -0.4 is 10.6 Å². The highest BCUT2D eigenvalue weighted by Gasteiger charge is 2.30. The van der Waals surface area contributed by atoms with E-state index in [0.717, 1.165) is 40.7 Å². The van der Waals surface area contributed by atoms with Crippen molar-refractivity contribution in [2.75, 3.05) is 10.6 Å². The normalized spacial score (nSPS) is 11.4. The molecule has 5 nitrogen and oxygen atoms in total. The van der Waals surface area contributed by atoms with Crippen molar-refractivity contribution in [2.24, 2.45) is 0 Å². The molecule has 9 heteroatoms. The van der Waals surface area contributed by atoms with Crippen LogP contribution in [-0.2, 0) is 12.7 Å². The molecule has 0 aliphatic heterocycles. The van der Waals surface area contributed by atoms with Gasteiger partial charge in [0, 0.05) is 23.2 Å². The fraction of sp³-hybridized carbons (Fsp3) is 0.0870. The minimum absolute atomic E-state index is 0.135. The summed E-state index contributed by atoms with van der Waals surface area (Å²) in [5.41, 5.74) is 1.52.